The number of nitro benzene ring substituents is 1. The van der Waals surface area contributed by atoms with Gasteiger partial charge in [-0.1, -0.05) is 11.6 Å². The fourth-order valence-electron chi connectivity index (χ4n) is 3.51. The monoisotopic (exact) mass is 442 g/mol. The molecule has 1 saturated heterocycles. The zero-order valence-corrected chi connectivity index (χ0v) is 17.1. The molecule has 31 heavy (non-hydrogen) atoms. The zero-order valence-electron chi connectivity index (χ0n) is 16.4. The second-order valence-electron chi connectivity index (χ2n) is 7.09. The highest BCUT2D eigenvalue weighted by atomic mass is 35.5. The Morgan fingerprint density at radius 1 is 1.13 bits per heavy atom. The first-order valence-electron chi connectivity index (χ1n) is 9.61. The van der Waals surface area contributed by atoms with Crippen LogP contribution in [0, 0.1) is 10.1 Å². The lowest BCUT2D eigenvalue weighted by molar-refractivity contribution is -0.384. The van der Waals surface area contributed by atoms with Crippen molar-refractivity contribution in [2.45, 2.75) is 0 Å². The lowest BCUT2D eigenvalue weighted by atomic mass is 10.2. The molecule has 0 bridgehead atoms. The molecule has 0 atom stereocenters. The van der Waals surface area contributed by atoms with Crippen molar-refractivity contribution in [3.63, 3.8) is 0 Å². The number of aromatic nitrogens is 2. The van der Waals surface area contributed by atoms with Gasteiger partial charge in [-0.25, -0.2) is 0 Å². The highest BCUT2D eigenvalue weighted by molar-refractivity contribution is 6.30. The third-order valence-corrected chi connectivity index (χ3v) is 5.45. The Morgan fingerprint density at radius 2 is 1.84 bits per heavy atom. The summed E-state index contributed by atoms with van der Waals surface area (Å²) in [5.74, 6) is -0.769. The van der Waals surface area contributed by atoms with Crippen LogP contribution in [0.4, 0.5) is 11.4 Å². The van der Waals surface area contributed by atoms with Gasteiger partial charge in [0, 0.05) is 54.4 Å². The summed E-state index contributed by atoms with van der Waals surface area (Å²) < 4.78 is 0. The minimum absolute atomic E-state index is 0.0130. The van der Waals surface area contributed by atoms with Crippen molar-refractivity contribution in [3.8, 4) is 0 Å². The molecule has 0 saturated carbocycles. The number of anilines is 1. The number of halogens is 1. The number of carbonyl (C=O) groups is 2. The van der Waals surface area contributed by atoms with Gasteiger partial charge in [-0.05, 0) is 30.3 Å². The Labute approximate surface area is 181 Å². The molecule has 10 nitrogen and oxygen atoms in total. The van der Waals surface area contributed by atoms with E-state index in [0.717, 1.165) is 5.69 Å². The van der Waals surface area contributed by atoms with E-state index >= 15 is 0 Å². The predicted octanol–water partition coefficient (Wildman–Crippen LogP) is 2.20. The number of carbonyl (C=O) groups excluding carboxylic acids is 2. The molecule has 2 aromatic carbocycles. The van der Waals surface area contributed by atoms with Gasteiger partial charge >= 0.3 is 0 Å². The molecule has 1 fully saturated rings. The van der Waals surface area contributed by atoms with E-state index in [1.54, 1.807) is 4.90 Å². The number of benzene rings is 2. The summed E-state index contributed by atoms with van der Waals surface area (Å²) in [7, 11) is 0. The Hall–Kier alpha value is -3.66. The lowest BCUT2D eigenvalue weighted by Crippen LogP contribution is -2.51. The van der Waals surface area contributed by atoms with Crippen LogP contribution in [0.2, 0.25) is 5.02 Å². The molecule has 0 spiro atoms. The van der Waals surface area contributed by atoms with E-state index in [1.807, 2.05) is 24.3 Å². The van der Waals surface area contributed by atoms with Gasteiger partial charge in [0.15, 0.2) is 5.69 Å². The average Bonchev–Trinajstić information content (AvgIpc) is 3.21. The number of hydrogen-bond donors (Lipinski definition) is 2. The molecule has 0 unspecified atom stereocenters. The number of aromatic amines is 1. The summed E-state index contributed by atoms with van der Waals surface area (Å²) in [6, 6.07) is 11.6. The first-order chi connectivity index (χ1) is 14.9. The topological polar surface area (TPSA) is 124 Å². The molecular weight excluding hydrogens is 424 g/mol. The number of nitrogens with zero attached hydrogens (tertiary/aromatic N) is 4. The molecule has 0 aliphatic carbocycles. The van der Waals surface area contributed by atoms with Crippen LogP contribution in [-0.4, -0.2) is 64.6 Å². The van der Waals surface area contributed by atoms with Crippen LogP contribution in [-0.2, 0) is 4.79 Å². The molecule has 1 aromatic heterocycles. The van der Waals surface area contributed by atoms with Crippen LogP contribution < -0.4 is 10.2 Å². The van der Waals surface area contributed by atoms with Gasteiger partial charge in [0.25, 0.3) is 11.6 Å². The molecular formula is C20H19ClN6O4. The third-order valence-electron chi connectivity index (χ3n) is 5.20. The fourth-order valence-corrected chi connectivity index (χ4v) is 3.63. The van der Waals surface area contributed by atoms with Crippen LogP contribution >= 0.6 is 11.6 Å². The number of piperazine rings is 1. The minimum Gasteiger partial charge on any atom is -0.368 e. The third kappa shape index (κ3) is 4.43. The number of fused-ring (bicyclic) bond motifs is 1. The quantitative estimate of drug-likeness (QED) is 0.461. The molecule has 11 heteroatoms. The fraction of sp³-hybridized carbons (Fsp3) is 0.250. The van der Waals surface area contributed by atoms with E-state index in [0.29, 0.717) is 42.1 Å². The Balaban J connectivity index is 1.33. The standard InChI is InChI=1S/C20H19ClN6O4/c21-13-1-3-14(4-2-13)25-7-9-26(10-8-25)18(28)12-22-20(29)19-16-11-15(27(30)31)5-6-17(16)23-24-19/h1-6,11H,7-10,12H2,(H,22,29)(H,23,24). The van der Waals surface area contributed by atoms with Crippen LogP contribution in [0.3, 0.4) is 0 Å². The maximum atomic E-state index is 12.5. The van der Waals surface area contributed by atoms with E-state index in [-0.39, 0.29) is 23.8 Å². The molecule has 0 radical (unpaired) electrons. The summed E-state index contributed by atoms with van der Waals surface area (Å²) in [5.41, 5.74) is 1.42. The van der Waals surface area contributed by atoms with Gasteiger partial charge in [0.1, 0.15) is 0 Å². The lowest BCUT2D eigenvalue weighted by Gasteiger charge is -2.36. The number of amides is 2. The summed E-state index contributed by atoms with van der Waals surface area (Å²) in [6.07, 6.45) is 0. The van der Waals surface area contributed by atoms with Crippen molar-refractivity contribution in [2.75, 3.05) is 37.6 Å². The van der Waals surface area contributed by atoms with Crippen LogP contribution in [0.5, 0.6) is 0 Å². The van der Waals surface area contributed by atoms with Gasteiger partial charge in [-0.15, -0.1) is 0 Å². The van der Waals surface area contributed by atoms with Crippen molar-refractivity contribution in [2.24, 2.45) is 0 Å². The van der Waals surface area contributed by atoms with Gasteiger partial charge in [0.2, 0.25) is 5.91 Å². The number of nitrogens with one attached hydrogen (secondary N) is 2. The first-order valence-corrected chi connectivity index (χ1v) is 9.99. The molecule has 160 valence electrons. The number of rotatable bonds is 5. The van der Waals surface area contributed by atoms with E-state index in [4.69, 9.17) is 11.6 Å². The minimum atomic E-state index is -0.570. The van der Waals surface area contributed by atoms with Crippen molar-refractivity contribution < 1.29 is 14.5 Å². The smallest absolute Gasteiger partial charge is 0.272 e. The Kier molecular flexibility index (Phi) is 5.72. The van der Waals surface area contributed by atoms with Crippen LogP contribution in [0.25, 0.3) is 10.9 Å². The van der Waals surface area contributed by atoms with Crippen molar-refractivity contribution in [1.29, 1.82) is 0 Å². The van der Waals surface area contributed by atoms with Gasteiger partial charge in [-0.3, -0.25) is 24.8 Å². The second kappa shape index (κ2) is 8.60. The molecule has 2 heterocycles. The van der Waals surface area contributed by atoms with Crippen molar-refractivity contribution in [1.82, 2.24) is 20.4 Å². The normalized spacial score (nSPS) is 14.0. The van der Waals surface area contributed by atoms with E-state index in [9.17, 15) is 19.7 Å². The first kappa shape index (κ1) is 20.6. The highest BCUT2D eigenvalue weighted by Crippen LogP contribution is 2.22. The van der Waals surface area contributed by atoms with Gasteiger partial charge < -0.3 is 15.1 Å². The number of H-pyrrole nitrogens is 1. The number of nitro groups is 1. The molecule has 1 aliphatic rings. The molecule has 4 rings (SSSR count). The number of hydrogen-bond acceptors (Lipinski definition) is 6. The molecule has 2 N–H and O–H groups in total. The van der Waals surface area contributed by atoms with Crippen LogP contribution in [0.15, 0.2) is 42.5 Å². The van der Waals surface area contributed by atoms with Crippen molar-refractivity contribution in [3.05, 3.63) is 63.3 Å². The summed E-state index contributed by atoms with van der Waals surface area (Å²) in [6.45, 7) is 2.25. The molecule has 3 aromatic rings. The van der Waals surface area contributed by atoms with Crippen molar-refractivity contribution >= 4 is 45.7 Å². The predicted molar refractivity (Wildman–Crippen MR) is 115 cm³/mol. The maximum absolute atomic E-state index is 12.5. The van der Waals surface area contributed by atoms with E-state index in [1.165, 1.54) is 18.2 Å². The number of non-ortho nitro benzene ring substituents is 1. The Morgan fingerprint density at radius 3 is 2.52 bits per heavy atom. The largest absolute Gasteiger partial charge is 0.368 e. The van der Waals surface area contributed by atoms with Crippen LogP contribution in [0.1, 0.15) is 10.5 Å². The Bertz CT molecular complexity index is 1140. The summed E-state index contributed by atoms with van der Waals surface area (Å²) in [4.78, 5) is 39.3. The molecule has 2 amide bonds. The maximum Gasteiger partial charge on any atom is 0.272 e. The second-order valence-corrected chi connectivity index (χ2v) is 7.52. The van der Waals surface area contributed by atoms with E-state index < -0.39 is 10.8 Å². The zero-order chi connectivity index (χ0) is 22.0. The summed E-state index contributed by atoms with van der Waals surface area (Å²) >= 11 is 5.92. The average molecular weight is 443 g/mol. The van der Waals surface area contributed by atoms with E-state index in [2.05, 4.69) is 20.4 Å². The highest BCUT2D eigenvalue weighted by Gasteiger charge is 2.23. The van der Waals surface area contributed by atoms with Gasteiger partial charge in [-0.2, -0.15) is 5.10 Å². The SMILES string of the molecule is O=C(NCC(=O)N1CCN(c2ccc(Cl)cc2)CC1)c1n[nH]c2ccc([N+](=O)[O-])cc12. The molecule has 1 aliphatic heterocycles. The van der Waals surface area contributed by atoms with Gasteiger partial charge in [0.05, 0.1) is 17.0 Å². The summed E-state index contributed by atoms with van der Waals surface area (Å²) in [5, 5.41) is 21.1.